The second-order valence-electron chi connectivity index (χ2n) is 18.3. The Kier molecular flexibility index (Phi) is 7.45. The van der Waals surface area contributed by atoms with Crippen molar-refractivity contribution < 1.29 is 0 Å². The average Bonchev–Trinajstić information content (AvgIpc) is 3.75. The Hall–Kier alpha value is -8.27. The van der Waals surface area contributed by atoms with Crippen LogP contribution in [0.5, 0.6) is 0 Å². The lowest BCUT2D eigenvalue weighted by Gasteiger charge is -2.51. The van der Waals surface area contributed by atoms with Crippen molar-refractivity contribution in [3.05, 3.63) is 236 Å². The highest BCUT2D eigenvalue weighted by Crippen LogP contribution is 2.53. The monoisotopic (exact) mass is 835 g/mol. The van der Waals surface area contributed by atoms with Crippen molar-refractivity contribution in [2.75, 3.05) is 14.7 Å². The molecule has 10 aromatic carbocycles. The standard InChI is InChI=1S/C61H39B2N3/c1-4-19-39(20-5-1)45-27-18-28-46(40-21-6-2-7-22-40)60(45)66-54-34-17-14-31-50(54)62-49-30-13-16-33-53(49)65-55-36-42-35-41-23-10-11-26-44(41)47(42)37-51(55)63-48-29-12-15-32-52(48)64(43-24-8-3-9-25-43)56-38-57(66)59(62)61(65)58(56)63/h1-34,36-38H,35H2. The van der Waals surface area contributed by atoms with Crippen LogP contribution < -0.4 is 47.5 Å². The topological polar surface area (TPSA) is 9.72 Å². The molecule has 4 aliphatic heterocycles. The summed E-state index contributed by atoms with van der Waals surface area (Å²) >= 11 is 0. The Labute approximate surface area is 385 Å². The number of hydrogen-bond donors (Lipinski definition) is 0. The van der Waals surface area contributed by atoms with Gasteiger partial charge in [-0.2, -0.15) is 0 Å². The maximum Gasteiger partial charge on any atom is 0.252 e. The number of hydrogen-bond acceptors (Lipinski definition) is 3. The lowest BCUT2D eigenvalue weighted by molar-refractivity contribution is 1.22. The van der Waals surface area contributed by atoms with Crippen LogP contribution in [0.15, 0.2) is 224 Å². The maximum absolute atomic E-state index is 2.68. The molecule has 0 amide bonds. The van der Waals surface area contributed by atoms with E-state index in [1.54, 1.807) is 0 Å². The summed E-state index contributed by atoms with van der Waals surface area (Å²) in [4.78, 5) is 7.88. The van der Waals surface area contributed by atoms with Crippen LogP contribution >= 0.6 is 0 Å². The molecule has 0 atom stereocenters. The zero-order valence-corrected chi connectivity index (χ0v) is 36.1. The molecule has 0 radical (unpaired) electrons. The van der Waals surface area contributed by atoms with Crippen molar-refractivity contribution in [1.82, 2.24) is 0 Å². The second kappa shape index (κ2) is 13.6. The fourth-order valence-electron chi connectivity index (χ4n) is 12.4. The van der Waals surface area contributed by atoms with Crippen LogP contribution in [0.2, 0.25) is 0 Å². The zero-order valence-electron chi connectivity index (χ0n) is 36.1. The lowest BCUT2D eigenvalue weighted by Crippen LogP contribution is -2.68. The van der Waals surface area contributed by atoms with Crippen LogP contribution in [-0.2, 0) is 6.42 Å². The molecule has 304 valence electrons. The first-order chi connectivity index (χ1) is 32.8. The zero-order chi connectivity index (χ0) is 43.0. The molecular weight excluding hydrogens is 796 g/mol. The van der Waals surface area contributed by atoms with Gasteiger partial charge in [0.05, 0.1) is 5.69 Å². The molecule has 0 unspecified atom stereocenters. The van der Waals surface area contributed by atoms with Crippen molar-refractivity contribution in [2.45, 2.75) is 6.42 Å². The van der Waals surface area contributed by atoms with E-state index in [0.717, 1.165) is 12.1 Å². The van der Waals surface area contributed by atoms with Gasteiger partial charge in [0, 0.05) is 56.6 Å². The molecule has 66 heavy (non-hydrogen) atoms. The largest absolute Gasteiger partial charge is 0.312 e. The van der Waals surface area contributed by atoms with Crippen molar-refractivity contribution in [3.63, 3.8) is 0 Å². The van der Waals surface area contributed by atoms with Gasteiger partial charge in [-0.05, 0) is 115 Å². The van der Waals surface area contributed by atoms with E-state index in [4.69, 9.17) is 0 Å². The Morgan fingerprint density at radius 2 is 0.758 bits per heavy atom. The molecule has 1 aliphatic carbocycles. The number of nitrogens with zero attached hydrogens (tertiary/aromatic N) is 3. The third kappa shape index (κ3) is 4.84. The molecule has 0 bridgehead atoms. The Balaban J connectivity index is 1.12. The van der Waals surface area contributed by atoms with Crippen LogP contribution in [0.4, 0.5) is 51.2 Å². The van der Waals surface area contributed by atoms with Gasteiger partial charge in [-0.15, -0.1) is 0 Å². The van der Waals surface area contributed by atoms with Gasteiger partial charge in [-0.3, -0.25) is 0 Å². The fourth-order valence-corrected chi connectivity index (χ4v) is 12.4. The molecule has 0 aromatic heterocycles. The third-order valence-electron chi connectivity index (χ3n) is 15.0. The first kappa shape index (κ1) is 36.1. The number of para-hydroxylation sites is 5. The molecule has 0 saturated heterocycles. The molecule has 0 fully saturated rings. The minimum absolute atomic E-state index is 0.00694. The predicted octanol–water partition coefficient (Wildman–Crippen LogP) is 11.3. The summed E-state index contributed by atoms with van der Waals surface area (Å²) in [7, 11) is 0. The fraction of sp³-hybridized carbons (Fsp3) is 0.0164. The summed E-state index contributed by atoms with van der Waals surface area (Å²) in [6, 6.07) is 84.3. The van der Waals surface area contributed by atoms with Gasteiger partial charge >= 0.3 is 0 Å². The molecular formula is C61H39B2N3. The average molecular weight is 836 g/mol. The van der Waals surface area contributed by atoms with Crippen LogP contribution in [0.25, 0.3) is 33.4 Å². The Bertz CT molecular complexity index is 3610. The number of benzene rings is 10. The van der Waals surface area contributed by atoms with E-state index in [1.807, 2.05) is 0 Å². The summed E-state index contributed by atoms with van der Waals surface area (Å²) in [5, 5.41) is 0. The van der Waals surface area contributed by atoms with Gasteiger partial charge < -0.3 is 14.7 Å². The summed E-state index contributed by atoms with van der Waals surface area (Å²) < 4.78 is 0. The molecule has 15 rings (SSSR count). The van der Waals surface area contributed by atoms with Crippen LogP contribution in [0.1, 0.15) is 11.1 Å². The van der Waals surface area contributed by atoms with E-state index in [1.165, 1.54) is 123 Å². The van der Waals surface area contributed by atoms with E-state index >= 15 is 0 Å². The minimum atomic E-state index is 0.00694. The number of fused-ring (bicyclic) bond motifs is 13. The quantitative estimate of drug-likeness (QED) is 0.164. The summed E-state index contributed by atoms with van der Waals surface area (Å²) in [6.07, 6.45) is 0.935. The van der Waals surface area contributed by atoms with Crippen molar-refractivity contribution in [3.8, 4) is 33.4 Å². The highest BCUT2D eigenvalue weighted by atomic mass is 15.2. The Morgan fingerprint density at radius 3 is 1.38 bits per heavy atom. The first-order valence-corrected chi connectivity index (χ1v) is 23.2. The minimum Gasteiger partial charge on any atom is -0.312 e. The molecule has 0 spiro atoms. The number of anilines is 9. The van der Waals surface area contributed by atoms with Crippen LogP contribution in [-0.4, -0.2) is 13.4 Å². The van der Waals surface area contributed by atoms with E-state index in [0.29, 0.717) is 0 Å². The van der Waals surface area contributed by atoms with E-state index in [9.17, 15) is 0 Å². The van der Waals surface area contributed by atoms with Gasteiger partial charge in [-0.1, -0.05) is 182 Å². The predicted molar refractivity (Wildman–Crippen MR) is 279 cm³/mol. The lowest BCUT2D eigenvalue weighted by atomic mass is 9.28. The van der Waals surface area contributed by atoms with Crippen LogP contribution in [0, 0.1) is 0 Å². The molecule has 10 aromatic rings. The summed E-state index contributed by atoms with van der Waals surface area (Å²) in [5.41, 5.74) is 29.4. The molecule has 4 heterocycles. The van der Waals surface area contributed by atoms with E-state index < -0.39 is 0 Å². The Morgan fingerprint density at radius 1 is 0.288 bits per heavy atom. The highest BCUT2D eigenvalue weighted by molar-refractivity contribution is 7.04. The van der Waals surface area contributed by atoms with Gasteiger partial charge in [0.25, 0.3) is 13.4 Å². The molecule has 0 saturated carbocycles. The number of rotatable bonds is 4. The molecule has 0 N–H and O–H groups in total. The van der Waals surface area contributed by atoms with Gasteiger partial charge in [0.2, 0.25) is 0 Å². The molecule has 5 heteroatoms. The van der Waals surface area contributed by atoms with E-state index in [-0.39, 0.29) is 13.4 Å². The third-order valence-corrected chi connectivity index (χ3v) is 15.0. The van der Waals surface area contributed by atoms with E-state index in [2.05, 4.69) is 239 Å². The highest BCUT2D eigenvalue weighted by Gasteiger charge is 2.52. The second-order valence-corrected chi connectivity index (χ2v) is 18.3. The van der Waals surface area contributed by atoms with Crippen molar-refractivity contribution in [1.29, 1.82) is 0 Å². The van der Waals surface area contributed by atoms with Gasteiger partial charge in [0.15, 0.2) is 0 Å². The molecule has 5 aliphatic rings. The van der Waals surface area contributed by atoms with Gasteiger partial charge in [-0.25, -0.2) is 0 Å². The molecule has 3 nitrogen and oxygen atoms in total. The smallest absolute Gasteiger partial charge is 0.252 e. The summed E-state index contributed by atoms with van der Waals surface area (Å²) in [6.45, 7) is 0.0151. The van der Waals surface area contributed by atoms with Crippen molar-refractivity contribution >= 4 is 97.4 Å². The normalized spacial score (nSPS) is 13.8. The van der Waals surface area contributed by atoms with Crippen molar-refractivity contribution in [2.24, 2.45) is 0 Å². The van der Waals surface area contributed by atoms with Gasteiger partial charge in [0.1, 0.15) is 0 Å². The first-order valence-electron chi connectivity index (χ1n) is 23.2. The van der Waals surface area contributed by atoms with Crippen LogP contribution in [0.3, 0.4) is 0 Å². The maximum atomic E-state index is 2.68. The summed E-state index contributed by atoms with van der Waals surface area (Å²) in [5.74, 6) is 0. The SMILES string of the molecule is c1ccc(-c2cccc(-c3ccccc3)c2N2c3ccccc3B3c4ccccc4N4c5cc6c(cc5B5c7ccccc7N(c7ccccc7)c7cc2c3c4c75)-c2ccccc2C6)cc1.